The quantitative estimate of drug-likeness (QED) is 0.878. The number of imidazole rings is 1. The Balaban J connectivity index is 1.79. The molecule has 0 saturated heterocycles. The summed E-state index contributed by atoms with van der Waals surface area (Å²) in [6.07, 6.45) is 10.7. The lowest BCUT2D eigenvalue weighted by Crippen LogP contribution is -2.20. The highest BCUT2D eigenvalue weighted by Gasteiger charge is 2.17. The van der Waals surface area contributed by atoms with E-state index in [-0.39, 0.29) is 6.04 Å². The first-order valence-electron chi connectivity index (χ1n) is 6.12. The zero-order chi connectivity index (χ0) is 11.4. The van der Waals surface area contributed by atoms with Crippen molar-refractivity contribution >= 4 is 11.8 Å². The van der Waals surface area contributed by atoms with E-state index < -0.39 is 0 Å². The Morgan fingerprint density at radius 2 is 2.25 bits per heavy atom. The van der Waals surface area contributed by atoms with E-state index in [4.69, 9.17) is 5.73 Å². The van der Waals surface area contributed by atoms with E-state index in [0.717, 1.165) is 16.8 Å². The second-order valence-corrected chi connectivity index (χ2v) is 5.93. The monoisotopic (exact) mass is 239 g/mol. The Labute approximate surface area is 102 Å². The molecule has 1 fully saturated rings. The molecule has 0 aromatic carbocycles. The van der Waals surface area contributed by atoms with Gasteiger partial charge in [-0.3, -0.25) is 0 Å². The van der Waals surface area contributed by atoms with Gasteiger partial charge in [-0.1, -0.05) is 19.3 Å². The van der Waals surface area contributed by atoms with Crippen molar-refractivity contribution in [3.05, 3.63) is 18.2 Å². The number of nitrogens with zero attached hydrogens (tertiary/aromatic N) is 2. The molecular formula is C12H21N3S. The van der Waals surface area contributed by atoms with Crippen molar-refractivity contribution in [2.45, 2.75) is 43.4 Å². The number of aryl methyl sites for hydroxylation is 1. The summed E-state index contributed by atoms with van der Waals surface area (Å²) < 4.78 is 2.02. The first-order valence-corrected chi connectivity index (χ1v) is 7.16. The predicted octanol–water partition coefficient (Wildman–Crippen LogP) is 2.49. The lowest BCUT2D eigenvalue weighted by molar-refractivity contribution is 0.515. The van der Waals surface area contributed by atoms with Gasteiger partial charge in [0.25, 0.3) is 0 Å². The fourth-order valence-corrected chi connectivity index (χ4v) is 3.58. The summed E-state index contributed by atoms with van der Waals surface area (Å²) in [5, 5.41) is 0.833. The highest BCUT2D eigenvalue weighted by Crippen LogP contribution is 2.30. The van der Waals surface area contributed by atoms with Crippen molar-refractivity contribution in [3.8, 4) is 0 Å². The summed E-state index contributed by atoms with van der Waals surface area (Å²) in [6, 6.07) is 0.0759. The van der Waals surface area contributed by atoms with Crippen LogP contribution in [0.1, 0.15) is 44.0 Å². The van der Waals surface area contributed by atoms with Crippen LogP contribution in [0.3, 0.4) is 0 Å². The number of rotatable bonds is 4. The van der Waals surface area contributed by atoms with Crippen molar-refractivity contribution < 1.29 is 0 Å². The second kappa shape index (κ2) is 5.73. The molecule has 0 amide bonds. The minimum atomic E-state index is 0.0759. The van der Waals surface area contributed by atoms with Gasteiger partial charge >= 0.3 is 0 Å². The number of thioether (sulfide) groups is 1. The van der Waals surface area contributed by atoms with Gasteiger partial charge in [-0.05, 0) is 12.8 Å². The molecule has 0 bridgehead atoms. The van der Waals surface area contributed by atoms with Crippen molar-refractivity contribution in [1.82, 2.24) is 9.55 Å². The molecule has 0 radical (unpaired) electrons. The van der Waals surface area contributed by atoms with Crippen LogP contribution in [0, 0.1) is 0 Å². The fraction of sp³-hybridized carbons (Fsp3) is 0.750. The lowest BCUT2D eigenvalue weighted by atomic mass is 10.0. The molecule has 2 N–H and O–H groups in total. The average molecular weight is 239 g/mol. The molecular weight excluding hydrogens is 218 g/mol. The maximum atomic E-state index is 6.15. The Kier molecular flexibility index (Phi) is 4.29. The molecule has 1 heterocycles. The van der Waals surface area contributed by atoms with Gasteiger partial charge in [0, 0.05) is 30.4 Å². The van der Waals surface area contributed by atoms with Gasteiger partial charge in [-0.2, -0.15) is 11.8 Å². The molecule has 90 valence electrons. The summed E-state index contributed by atoms with van der Waals surface area (Å²) in [4.78, 5) is 4.30. The standard InChI is InChI=1S/C12H21N3S/c1-15-8-7-14-12(15)11(13)9-16-10-5-3-2-4-6-10/h7-8,10-11H,2-6,9,13H2,1H3. The van der Waals surface area contributed by atoms with Gasteiger partial charge in [-0.25, -0.2) is 4.98 Å². The van der Waals surface area contributed by atoms with E-state index in [1.165, 1.54) is 32.1 Å². The van der Waals surface area contributed by atoms with E-state index in [2.05, 4.69) is 4.98 Å². The normalized spacial score (nSPS) is 19.9. The molecule has 2 rings (SSSR count). The molecule has 1 aromatic heterocycles. The topological polar surface area (TPSA) is 43.8 Å². The van der Waals surface area contributed by atoms with Crippen LogP contribution in [0.15, 0.2) is 12.4 Å². The van der Waals surface area contributed by atoms with Crippen molar-refractivity contribution in [1.29, 1.82) is 0 Å². The molecule has 16 heavy (non-hydrogen) atoms. The molecule has 0 spiro atoms. The molecule has 1 unspecified atom stereocenters. The van der Waals surface area contributed by atoms with E-state index in [0.29, 0.717) is 0 Å². The highest BCUT2D eigenvalue weighted by molar-refractivity contribution is 7.99. The number of hydrogen-bond acceptors (Lipinski definition) is 3. The molecule has 1 aromatic rings. The van der Waals surface area contributed by atoms with Crippen molar-refractivity contribution in [2.24, 2.45) is 12.8 Å². The first-order chi connectivity index (χ1) is 7.77. The van der Waals surface area contributed by atoms with Gasteiger partial charge in [0.1, 0.15) is 5.82 Å². The lowest BCUT2D eigenvalue weighted by Gasteiger charge is -2.22. The summed E-state index contributed by atoms with van der Waals surface area (Å²) in [5.41, 5.74) is 6.15. The van der Waals surface area contributed by atoms with Crippen LogP contribution in [-0.2, 0) is 7.05 Å². The largest absolute Gasteiger partial charge is 0.337 e. The molecule has 1 aliphatic rings. The van der Waals surface area contributed by atoms with Gasteiger partial charge < -0.3 is 10.3 Å². The van der Waals surface area contributed by atoms with Gasteiger partial charge in [0.05, 0.1) is 6.04 Å². The molecule has 4 heteroatoms. The third kappa shape index (κ3) is 3.01. The third-order valence-electron chi connectivity index (χ3n) is 3.25. The molecule has 0 aliphatic heterocycles. The highest BCUT2D eigenvalue weighted by atomic mass is 32.2. The number of hydrogen-bond donors (Lipinski definition) is 1. The van der Waals surface area contributed by atoms with Gasteiger partial charge in [0.15, 0.2) is 0 Å². The van der Waals surface area contributed by atoms with Gasteiger partial charge in [-0.15, -0.1) is 0 Å². The summed E-state index contributed by atoms with van der Waals surface area (Å²) >= 11 is 2.03. The average Bonchev–Trinajstić information content (AvgIpc) is 2.74. The summed E-state index contributed by atoms with van der Waals surface area (Å²) in [6.45, 7) is 0. The predicted molar refractivity (Wildman–Crippen MR) is 69.5 cm³/mol. The number of nitrogens with two attached hydrogens (primary N) is 1. The van der Waals surface area contributed by atoms with Crippen LogP contribution in [0.5, 0.6) is 0 Å². The van der Waals surface area contributed by atoms with Crippen LogP contribution in [0.25, 0.3) is 0 Å². The Morgan fingerprint density at radius 1 is 1.50 bits per heavy atom. The minimum Gasteiger partial charge on any atom is -0.337 e. The van der Waals surface area contributed by atoms with Crippen LogP contribution >= 0.6 is 11.8 Å². The Hall–Kier alpha value is -0.480. The third-order valence-corrected chi connectivity index (χ3v) is 4.75. The fourth-order valence-electron chi connectivity index (χ4n) is 2.28. The van der Waals surface area contributed by atoms with E-state index in [9.17, 15) is 0 Å². The second-order valence-electron chi connectivity index (χ2n) is 4.60. The van der Waals surface area contributed by atoms with Crippen LogP contribution < -0.4 is 5.73 Å². The summed E-state index contributed by atoms with van der Waals surface area (Å²) in [5.74, 6) is 2.00. The maximum absolute atomic E-state index is 6.15. The van der Waals surface area contributed by atoms with Crippen LogP contribution in [0.4, 0.5) is 0 Å². The smallest absolute Gasteiger partial charge is 0.126 e. The van der Waals surface area contributed by atoms with E-state index in [1.54, 1.807) is 0 Å². The maximum Gasteiger partial charge on any atom is 0.126 e. The zero-order valence-corrected chi connectivity index (χ0v) is 10.7. The minimum absolute atomic E-state index is 0.0759. The molecule has 1 saturated carbocycles. The zero-order valence-electron chi connectivity index (χ0n) is 9.93. The Morgan fingerprint density at radius 3 is 2.88 bits per heavy atom. The first kappa shape index (κ1) is 12.0. The number of aromatic nitrogens is 2. The van der Waals surface area contributed by atoms with Crippen molar-refractivity contribution in [2.75, 3.05) is 5.75 Å². The van der Waals surface area contributed by atoms with E-state index >= 15 is 0 Å². The van der Waals surface area contributed by atoms with Crippen LogP contribution in [0.2, 0.25) is 0 Å². The SMILES string of the molecule is Cn1ccnc1C(N)CSC1CCCCC1. The van der Waals surface area contributed by atoms with Crippen molar-refractivity contribution in [3.63, 3.8) is 0 Å². The molecule has 3 nitrogen and oxygen atoms in total. The van der Waals surface area contributed by atoms with E-state index in [1.807, 2.05) is 35.8 Å². The molecule has 1 aliphatic carbocycles. The summed E-state index contributed by atoms with van der Waals surface area (Å²) in [7, 11) is 2.01. The van der Waals surface area contributed by atoms with Crippen LogP contribution in [-0.4, -0.2) is 20.6 Å². The molecule has 1 atom stereocenters. The van der Waals surface area contributed by atoms with Gasteiger partial charge in [0.2, 0.25) is 0 Å². The Bertz CT molecular complexity index is 318.